The number of methoxy groups -OCH3 is 2. The van der Waals surface area contributed by atoms with Crippen LogP contribution in [0.4, 0.5) is 0 Å². The van der Waals surface area contributed by atoms with Gasteiger partial charge < -0.3 is 14.8 Å². The minimum atomic E-state index is -0.0673. The standard InChI is InChI=1S/C16H18N2O3/c1-20-14-6-5-13(15(9-14)21-2)8-16(19)18-11-12-4-3-7-17-10-12/h3-7,9-10H,8,11H2,1-2H3,(H,18,19). The highest BCUT2D eigenvalue weighted by atomic mass is 16.5. The van der Waals surface area contributed by atoms with E-state index >= 15 is 0 Å². The second-order valence-electron chi connectivity index (χ2n) is 4.49. The van der Waals surface area contributed by atoms with E-state index in [0.29, 0.717) is 18.0 Å². The highest BCUT2D eigenvalue weighted by Gasteiger charge is 2.09. The lowest BCUT2D eigenvalue weighted by molar-refractivity contribution is -0.120. The van der Waals surface area contributed by atoms with Crippen molar-refractivity contribution in [1.29, 1.82) is 0 Å². The number of pyridine rings is 1. The van der Waals surface area contributed by atoms with Crippen molar-refractivity contribution in [3.63, 3.8) is 0 Å². The molecule has 0 aliphatic rings. The normalized spacial score (nSPS) is 10.0. The summed E-state index contributed by atoms with van der Waals surface area (Å²) in [7, 11) is 3.17. The van der Waals surface area contributed by atoms with Gasteiger partial charge in [0, 0.05) is 30.6 Å². The van der Waals surface area contributed by atoms with Crippen LogP contribution in [0.5, 0.6) is 11.5 Å². The molecule has 0 spiro atoms. The Morgan fingerprint density at radius 1 is 1.24 bits per heavy atom. The summed E-state index contributed by atoms with van der Waals surface area (Å²) in [6.45, 7) is 0.463. The summed E-state index contributed by atoms with van der Waals surface area (Å²) in [6.07, 6.45) is 3.69. The zero-order chi connectivity index (χ0) is 15.1. The molecule has 0 aliphatic carbocycles. The Kier molecular flexibility index (Phi) is 5.15. The van der Waals surface area contributed by atoms with E-state index in [4.69, 9.17) is 9.47 Å². The van der Waals surface area contributed by atoms with Gasteiger partial charge in [-0.2, -0.15) is 0 Å². The lowest BCUT2D eigenvalue weighted by Gasteiger charge is -2.10. The van der Waals surface area contributed by atoms with Crippen molar-refractivity contribution in [3.8, 4) is 11.5 Å². The van der Waals surface area contributed by atoms with Crippen molar-refractivity contribution >= 4 is 5.91 Å². The summed E-state index contributed by atoms with van der Waals surface area (Å²) in [4.78, 5) is 16.0. The molecule has 1 heterocycles. The van der Waals surface area contributed by atoms with Crippen molar-refractivity contribution in [2.45, 2.75) is 13.0 Å². The number of carbonyl (C=O) groups excluding carboxylic acids is 1. The molecule has 5 nitrogen and oxygen atoms in total. The van der Waals surface area contributed by atoms with E-state index in [9.17, 15) is 4.79 Å². The van der Waals surface area contributed by atoms with E-state index in [1.54, 1.807) is 32.7 Å². The van der Waals surface area contributed by atoms with Gasteiger partial charge >= 0.3 is 0 Å². The van der Waals surface area contributed by atoms with Crippen LogP contribution in [0.15, 0.2) is 42.7 Å². The maximum atomic E-state index is 12.0. The molecule has 5 heteroatoms. The summed E-state index contributed by atoms with van der Waals surface area (Å²) < 4.78 is 10.4. The van der Waals surface area contributed by atoms with Crippen molar-refractivity contribution in [3.05, 3.63) is 53.9 Å². The number of hydrogen-bond donors (Lipinski definition) is 1. The Hall–Kier alpha value is -2.56. The first-order valence-electron chi connectivity index (χ1n) is 6.59. The van der Waals surface area contributed by atoms with Gasteiger partial charge in [-0.05, 0) is 17.7 Å². The molecule has 0 unspecified atom stereocenters. The topological polar surface area (TPSA) is 60.5 Å². The van der Waals surface area contributed by atoms with E-state index in [2.05, 4.69) is 10.3 Å². The lowest BCUT2D eigenvalue weighted by atomic mass is 10.1. The third-order valence-corrected chi connectivity index (χ3v) is 3.06. The van der Waals surface area contributed by atoms with Gasteiger partial charge in [-0.15, -0.1) is 0 Å². The highest BCUT2D eigenvalue weighted by Crippen LogP contribution is 2.24. The van der Waals surface area contributed by atoms with Crippen LogP contribution in [-0.2, 0) is 17.8 Å². The number of rotatable bonds is 6. The number of aromatic nitrogens is 1. The van der Waals surface area contributed by atoms with Crippen molar-refractivity contribution in [2.24, 2.45) is 0 Å². The molecule has 0 bridgehead atoms. The molecule has 0 radical (unpaired) electrons. The molecular weight excluding hydrogens is 268 g/mol. The van der Waals surface area contributed by atoms with E-state index in [1.165, 1.54) is 0 Å². The largest absolute Gasteiger partial charge is 0.497 e. The number of amides is 1. The van der Waals surface area contributed by atoms with Crippen LogP contribution in [-0.4, -0.2) is 25.1 Å². The number of hydrogen-bond acceptors (Lipinski definition) is 4. The van der Waals surface area contributed by atoms with E-state index in [1.807, 2.05) is 24.3 Å². The average Bonchev–Trinajstić information content (AvgIpc) is 2.54. The van der Waals surface area contributed by atoms with Crippen molar-refractivity contribution in [2.75, 3.05) is 14.2 Å². The second kappa shape index (κ2) is 7.28. The first-order chi connectivity index (χ1) is 10.2. The number of ether oxygens (including phenoxy) is 2. The first-order valence-corrected chi connectivity index (χ1v) is 6.59. The molecule has 1 N–H and O–H groups in total. The number of nitrogens with zero attached hydrogens (tertiary/aromatic N) is 1. The lowest BCUT2D eigenvalue weighted by Crippen LogP contribution is -2.24. The summed E-state index contributed by atoms with van der Waals surface area (Å²) in [5.41, 5.74) is 1.79. The van der Waals surface area contributed by atoms with Crippen LogP contribution in [0.1, 0.15) is 11.1 Å². The average molecular weight is 286 g/mol. The molecule has 1 aromatic carbocycles. The number of nitrogens with one attached hydrogen (secondary N) is 1. The second-order valence-corrected chi connectivity index (χ2v) is 4.49. The third-order valence-electron chi connectivity index (χ3n) is 3.06. The molecule has 2 aromatic rings. The molecule has 0 saturated carbocycles. The summed E-state index contributed by atoms with van der Waals surface area (Å²) >= 11 is 0. The number of carbonyl (C=O) groups is 1. The molecule has 1 amide bonds. The minimum Gasteiger partial charge on any atom is -0.497 e. The van der Waals surface area contributed by atoms with Gasteiger partial charge in [-0.1, -0.05) is 12.1 Å². The summed E-state index contributed by atoms with van der Waals surface area (Å²) in [5, 5.41) is 2.86. The molecule has 0 fully saturated rings. The van der Waals surface area contributed by atoms with Crippen molar-refractivity contribution < 1.29 is 14.3 Å². The molecular formula is C16H18N2O3. The maximum Gasteiger partial charge on any atom is 0.224 e. The zero-order valence-corrected chi connectivity index (χ0v) is 12.1. The van der Waals surface area contributed by atoms with Gasteiger partial charge in [0.05, 0.1) is 20.6 Å². The predicted octanol–water partition coefficient (Wildman–Crippen LogP) is 1.96. The molecule has 1 aromatic heterocycles. The molecule has 0 saturated heterocycles. The fraction of sp³-hybridized carbons (Fsp3) is 0.250. The van der Waals surface area contributed by atoms with Crippen LogP contribution < -0.4 is 14.8 Å². The van der Waals surface area contributed by atoms with Gasteiger partial charge in [-0.25, -0.2) is 0 Å². The van der Waals surface area contributed by atoms with Gasteiger partial charge in [0.2, 0.25) is 5.91 Å². The molecule has 21 heavy (non-hydrogen) atoms. The Labute approximate surface area is 123 Å². The Balaban J connectivity index is 1.96. The molecule has 0 atom stereocenters. The maximum absolute atomic E-state index is 12.0. The Bertz CT molecular complexity index is 600. The monoisotopic (exact) mass is 286 g/mol. The van der Waals surface area contributed by atoms with Crippen LogP contribution >= 0.6 is 0 Å². The molecule has 110 valence electrons. The number of benzene rings is 1. The quantitative estimate of drug-likeness (QED) is 0.882. The van der Waals surface area contributed by atoms with E-state index in [-0.39, 0.29) is 12.3 Å². The van der Waals surface area contributed by atoms with E-state index < -0.39 is 0 Å². The Morgan fingerprint density at radius 2 is 2.10 bits per heavy atom. The van der Waals surface area contributed by atoms with Gasteiger partial charge in [-0.3, -0.25) is 9.78 Å². The zero-order valence-electron chi connectivity index (χ0n) is 12.1. The summed E-state index contributed by atoms with van der Waals surface area (Å²) in [5.74, 6) is 1.28. The fourth-order valence-electron chi connectivity index (χ4n) is 1.94. The minimum absolute atomic E-state index is 0.0673. The Morgan fingerprint density at radius 3 is 2.76 bits per heavy atom. The predicted molar refractivity (Wildman–Crippen MR) is 79.3 cm³/mol. The van der Waals surface area contributed by atoms with Crippen molar-refractivity contribution in [1.82, 2.24) is 10.3 Å². The molecule has 2 rings (SSSR count). The van der Waals surface area contributed by atoms with Gasteiger partial charge in [0.15, 0.2) is 0 Å². The smallest absolute Gasteiger partial charge is 0.224 e. The highest BCUT2D eigenvalue weighted by molar-refractivity contribution is 5.79. The van der Waals surface area contributed by atoms with Gasteiger partial charge in [0.1, 0.15) is 11.5 Å². The fourth-order valence-corrected chi connectivity index (χ4v) is 1.94. The van der Waals surface area contributed by atoms with Crippen LogP contribution in [0, 0.1) is 0 Å². The van der Waals surface area contributed by atoms with Gasteiger partial charge in [0.25, 0.3) is 0 Å². The third kappa shape index (κ3) is 4.21. The summed E-state index contributed by atoms with van der Waals surface area (Å²) in [6, 6.07) is 9.17. The van der Waals surface area contributed by atoms with E-state index in [0.717, 1.165) is 11.1 Å². The first kappa shape index (κ1) is 14.8. The van der Waals surface area contributed by atoms with Crippen LogP contribution in [0.3, 0.4) is 0 Å². The SMILES string of the molecule is COc1ccc(CC(=O)NCc2cccnc2)c(OC)c1. The molecule has 0 aliphatic heterocycles. The van der Waals surface area contributed by atoms with Crippen LogP contribution in [0.25, 0.3) is 0 Å². The van der Waals surface area contributed by atoms with Crippen LogP contribution in [0.2, 0.25) is 0 Å².